The van der Waals surface area contributed by atoms with E-state index in [1.165, 1.54) is 13.2 Å². The molecule has 0 aliphatic carbocycles. The molecule has 1 rings (SSSR count). The molecule has 1 aromatic carbocycles. The van der Waals surface area contributed by atoms with Gasteiger partial charge in [-0.3, -0.25) is 0 Å². The zero-order valence-corrected chi connectivity index (χ0v) is 9.89. The van der Waals surface area contributed by atoms with Crippen molar-refractivity contribution in [1.29, 1.82) is 0 Å². The average Bonchev–Trinajstić information content (AvgIpc) is 2.16. The second kappa shape index (κ2) is 4.75. The van der Waals surface area contributed by atoms with E-state index in [-0.39, 0.29) is 17.7 Å². The Labute approximate surface area is 91.2 Å². The normalized spacial score (nSPS) is 12.6. The second-order valence-corrected chi connectivity index (χ2v) is 3.75. The Hall–Kier alpha value is -0.610. The molecular weight excluding hydrogens is 251 g/mol. The van der Waals surface area contributed by atoms with Crippen molar-refractivity contribution in [3.8, 4) is 5.75 Å². The monoisotopic (exact) mass is 262 g/mol. The number of rotatable bonds is 3. The minimum absolute atomic E-state index is 0.133. The molecule has 0 aromatic heterocycles. The highest BCUT2D eigenvalue weighted by atomic mass is 79.9. The fourth-order valence-corrected chi connectivity index (χ4v) is 1.76. The molecule has 0 spiro atoms. The van der Waals surface area contributed by atoms with Crippen molar-refractivity contribution in [2.45, 2.75) is 13.0 Å². The Morgan fingerprint density at radius 2 is 2.00 bits per heavy atom. The first-order chi connectivity index (χ1) is 6.60. The van der Waals surface area contributed by atoms with Gasteiger partial charge in [-0.15, -0.1) is 0 Å². The highest BCUT2D eigenvalue weighted by Gasteiger charge is 2.12. The quantitative estimate of drug-likeness (QED) is 0.832. The van der Waals surface area contributed by atoms with Gasteiger partial charge in [-0.05, 0) is 40.5 Å². The lowest BCUT2D eigenvalue weighted by molar-refractivity contribution is 0.119. The molecule has 0 bridgehead atoms. The lowest BCUT2D eigenvalue weighted by atomic mass is 10.1. The summed E-state index contributed by atoms with van der Waals surface area (Å²) in [6.45, 7) is 1.85. The van der Waals surface area contributed by atoms with Gasteiger partial charge in [0.2, 0.25) is 0 Å². The number of benzene rings is 1. The van der Waals surface area contributed by atoms with Gasteiger partial charge in [0.05, 0.1) is 17.7 Å². The third kappa shape index (κ3) is 2.25. The summed E-state index contributed by atoms with van der Waals surface area (Å²) < 4.78 is 24.0. The van der Waals surface area contributed by atoms with E-state index in [2.05, 4.69) is 15.9 Å². The topological polar surface area (TPSA) is 18.5 Å². The van der Waals surface area contributed by atoms with Crippen LogP contribution in [-0.2, 0) is 4.74 Å². The molecule has 0 aliphatic heterocycles. The lowest BCUT2D eigenvalue weighted by Crippen LogP contribution is -1.98. The van der Waals surface area contributed by atoms with Crippen LogP contribution >= 0.6 is 15.9 Å². The van der Waals surface area contributed by atoms with Crippen LogP contribution in [0, 0.1) is 5.82 Å². The van der Waals surface area contributed by atoms with Crippen LogP contribution in [0.2, 0.25) is 0 Å². The smallest absolute Gasteiger partial charge is 0.168 e. The van der Waals surface area contributed by atoms with Crippen molar-refractivity contribution in [2.75, 3.05) is 14.2 Å². The summed E-state index contributed by atoms with van der Waals surface area (Å²) in [4.78, 5) is 0. The van der Waals surface area contributed by atoms with E-state index in [0.29, 0.717) is 4.47 Å². The van der Waals surface area contributed by atoms with Gasteiger partial charge in [0.25, 0.3) is 0 Å². The molecule has 0 saturated carbocycles. The molecule has 1 atom stereocenters. The molecule has 14 heavy (non-hydrogen) atoms. The molecule has 1 unspecified atom stereocenters. The van der Waals surface area contributed by atoms with Crippen molar-refractivity contribution in [1.82, 2.24) is 0 Å². The molecule has 0 N–H and O–H groups in total. The van der Waals surface area contributed by atoms with Crippen molar-refractivity contribution in [3.63, 3.8) is 0 Å². The van der Waals surface area contributed by atoms with Crippen LogP contribution in [0.5, 0.6) is 5.75 Å². The predicted molar refractivity (Wildman–Crippen MR) is 56.1 cm³/mol. The van der Waals surface area contributed by atoms with Gasteiger partial charge in [-0.25, -0.2) is 4.39 Å². The number of halogens is 2. The first-order valence-electron chi connectivity index (χ1n) is 4.16. The van der Waals surface area contributed by atoms with Gasteiger partial charge in [0, 0.05) is 7.11 Å². The second-order valence-electron chi connectivity index (χ2n) is 2.90. The maximum atomic E-state index is 13.4. The van der Waals surface area contributed by atoms with E-state index in [0.717, 1.165) is 5.56 Å². The van der Waals surface area contributed by atoms with E-state index in [1.807, 2.05) is 6.92 Å². The Bertz CT molecular complexity index is 305. The number of ether oxygens (including phenoxy) is 2. The minimum Gasteiger partial charge on any atom is -0.492 e. The van der Waals surface area contributed by atoms with Crippen molar-refractivity contribution < 1.29 is 13.9 Å². The van der Waals surface area contributed by atoms with Crippen molar-refractivity contribution in [2.24, 2.45) is 0 Å². The van der Waals surface area contributed by atoms with E-state index in [1.54, 1.807) is 13.2 Å². The van der Waals surface area contributed by atoms with Crippen molar-refractivity contribution >= 4 is 15.9 Å². The molecule has 0 amide bonds. The largest absolute Gasteiger partial charge is 0.492 e. The maximum absolute atomic E-state index is 13.4. The van der Waals surface area contributed by atoms with Crippen LogP contribution < -0.4 is 4.74 Å². The molecule has 78 valence electrons. The third-order valence-electron chi connectivity index (χ3n) is 2.05. The third-order valence-corrected chi connectivity index (χ3v) is 2.64. The van der Waals surface area contributed by atoms with Crippen LogP contribution in [-0.4, -0.2) is 14.2 Å². The fraction of sp³-hybridized carbons (Fsp3) is 0.400. The van der Waals surface area contributed by atoms with E-state index >= 15 is 0 Å². The molecule has 4 heteroatoms. The van der Waals surface area contributed by atoms with Crippen LogP contribution in [0.1, 0.15) is 18.6 Å². The average molecular weight is 263 g/mol. The molecule has 1 aromatic rings. The Morgan fingerprint density at radius 3 is 2.43 bits per heavy atom. The summed E-state index contributed by atoms with van der Waals surface area (Å²) in [5, 5.41) is 0. The van der Waals surface area contributed by atoms with Crippen LogP contribution in [0.15, 0.2) is 16.6 Å². The molecule has 0 aliphatic rings. The van der Waals surface area contributed by atoms with Crippen LogP contribution in [0.25, 0.3) is 0 Å². The number of methoxy groups -OCH3 is 2. The number of hydrogen-bond donors (Lipinski definition) is 0. The van der Waals surface area contributed by atoms with Gasteiger partial charge in [0.1, 0.15) is 0 Å². The highest BCUT2D eigenvalue weighted by Crippen LogP contribution is 2.31. The lowest BCUT2D eigenvalue weighted by Gasteiger charge is -2.12. The van der Waals surface area contributed by atoms with Gasteiger partial charge in [0.15, 0.2) is 11.6 Å². The van der Waals surface area contributed by atoms with Gasteiger partial charge >= 0.3 is 0 Å². The minimum atomic E-state index is -0.388. The first-order valence-corrected chi connectivity index (χ1v) is 4.95. The highest BCUT2D eigenvalue weighted by molar-refractivity contribution is 9.10. The summed E-state index contributed by atoms with van der Waals surface area (Å²) in [7, 11) is 3.02. The molecule has 2 nitrogen and oxygen atoms in total. The summed E-state index contributed by atoms with van der Waals surface area (Å²) in [6.07, 6.45) is -0.133. The summed E-state index contributed by atoms with van der Waals surface area (Å²) >= 11 is 3.24. The van der Waals surface area contributed by atoms with Gasteiger partial charge < -0.3 is 9.47 Å². The van der Waals surface area contributed by atoms with Gasteiger partial charge in [-0.2, -0.15) is 0 Å². The molecule has 0 saturated heterocycles. The van der Waals surface area contributed by atoms with Crippen LogP contribution in [0.4, 0.5) is 4.39 Å². The van der Waals surface area contributed by atoms with E-state index in [9.17, 15) is 4.39 Å². The maximum Gasteiger partial charge on any atom is 0.168 e. The summed E-state index contributed by atoms with van der Waals surface area (Å²) in [5.74, 6) is -0.169. The predicted octanol–water partition coefficient (Wildman–Crippen LogP) is 3.30. The molecule has 0 radical (unpaired) electrons. The molecule has 0 fully saturated rings. The van der Waals surface area contributed by atoms with Crippen LogP contribution in [0.3, 0.4) is 0 Å². The zero-order chi connectivity index (χ0) is 10.7. The molecule has 0 heterocycles. The Kier molecular flexibility index (Phi) is 3.89. The van der Waals surface area contributed by atoms with Gasteiger partial charge in [-0.1, -0.05) is 0 Å². The summed E-state index contributed by atoms with van der Waals surface area (Å²) in [5.41, 5.74) is 0.776. The SMILES string of the molecule is COc1c(F)cc(C(C)OC)cc1Br. The number of hydrogen-bond acceptors (Lipinski definition) is 2. The first kappa shape index (κ1) is 11.5. The fourth-order valence-electron chi connectivity index (χ4n) is 1.15. The molecular formula is C10H12BrFO2. The zero-order valence-electron chi connectivity index (χ0n) is 8.30. The Morgan fingerprint density at radius 1 is 1.36 bits per heavy atom. The van der Waals surface area contributed by atoms with E-state index in [4.69, 9.17) is 9.47 Å². The Balaban J connectivity index is 3.13. The standard InChI is InChI=1S/C10H12BrFO2/c1-6(13-2)7-4-8(11)10(14-3)9(12)5-7/h4-6H,1-3H3. The van der Waals surface area contributed by atoms with Crippen molar-refractivity contribution in [3.05, 3.63) is 28.0 Å². The van der Waals surface area contributed by atoms with E-state index < -0.39 is 0 Å². The summed E-state index contributed by atoms with van der Waals surface area (Å²) in [6, 6.07) is 3.20.